The molecule has 0 aliphatic carbocycles. The van der Waals surface area contributed by atoms with E-state index in [-0.39, 0.29) is 17.6 Å². The number of imidazole rings is 1. The number of hydrogen-bond donors (Lipinski definition) is 1. The molecular formula is C26H25FN4O. The quantitative estimate of drug-likeness (QED) is 0.486. The summed E-state index contributed by atoms with van der Waals surface area (Å²) in [6.07, 6.45) is 1.84. The van der Waals surface area contributed by atoms with Gasteiger partial charge in [0.25, 0.3) is 0 Å². The number of carbonyl (C=O) groups excluding carboxylic acids is 1. The normalized spacial score (nSPS) is 16.8. The Bertz CT molecular complexity index is 1220. The molecular weight excluding hydrogens is 403 g/mol. The molecule has 1 aliphatic heterocycles. The smallest absolute Gasteiger partial charge is 0.228 e. The minimum Gasteiger partial charge on any atom is -0.326 e. The molecule has 0 unspecified atom stereocenters. The summed E-state index contributed by atoms with van der Waals surface area (Å²) in [6, 6.07) is 24.1. The number of nitrogens with zero attached hydrogens (tertiary/aromatic N) is 3. The zero-order valence-corrected chi connectivity index (χ0v) is 17.7. The van der Waals surface area contributed by atoms with E-state index in [1.54, 1.807) is 12.1 Å². The van der Waals surface area contributed by atoms with E-state index in [1.165, 1.54) is 12.1 Å². The van der Waals surface area contributed by atoms with Gasteiger partial charge in [-0.2, -0.15) is 0 Å². The predicted molar refractivity (Wildman–Crippen MR) is 124 cm³/mol. The number of carbonyl (C=O) groups is 1. The Morgan fingerprint density at radius 1 is 1.00 bits per heavy atom. The van der Waals surface area contributed by atoms with Crippen LogP contribution in [-0.4, -0.2) is 33.4 Å². The lowest BCUT2D eigenvalue weighted by Crippen LogP contribution is -2.40. The standard InChI is InChI=1S/C26H25FN4O/c27-20-12-14-22(15-13-20)31-24-11-5-4-10-23(24)29-25(31)18-30-16-6-7-19(17-30)26(32)28-21-8-2-1-3-9-21/h1-5,8-15,19H,6-7,16-18H2,(H,28,32)/t19-/m0/s1. The molecule has 1 fully saturated rings. The number of piperidine rings is 1. The zero-order chi connectivity index (χ0) is 21.9. The number of para-hydroxylation sites is 3. The second-order valence-corrected chi connectivity index (χ2v) is 8.26. The molecule has 1 N–H and O–H groups in total. The van der Waals surface area contributed by atoms with Gasteiger partial charge in [0.1, 0.15) is 11.6 Å². The molecule has 3 aromatic carbocycles. The molecule has 5 rings (SSSR count). The molecule has 5 nitrogen and oxygen atoms in total. The van der Waals surface area contributed by atoms with E-state index in [9.17, 15) is 9.18 Å². The molecule has 1 saturated heterocycles. The van der Waals surface area contributed by atoms with E-state index >= 15 is 0 Å². The molecule has 0 spiro atoms. The lowest BCUT2D eigenvalue weighted by Gasteiger charge is -2.31. The molecule has 32 heavy (non-hydrogen) atoms. The average molecular weight is 429 g/mol. The predicted octanol–water partition coefficient (Wildman–Crippen LogP) is 5.02. The Hall–Kier alpha value is -3.51. The fraction of sp³-hybridized carbons (Fsp3) is 0.231. The van der Waals surface area contributed by atoms with Gasteiger partial charge >= 0.3 is 0 Å². The van der Waals surface area contributed by atoms with E-state index in [2.05, 4.69) is 14.8 Å². The first-order chi connectivity index (χ1) is 15.7. The van der Waals surface area contributed by atoms with Crippen molar-refractivity contribution in [2.75, 3.05) is 18.4 Å². The summed E-state index contributed by atoms with van der Waals surface area (Å²) < 4.78 is 15.6. The van der Waals surface area contributed by atoms with Crippen molar-refractivity contribution in [2.45, 2.75) is 19.4 Å². The molecule has 0 radical (unpaired) electrons. The first-order valence-corrected chi connectivity index (χ1v) is 11.0. The third kappa shape index (κ3) is 4.27. The number of benzene rings is 3. The van der Waals surface area contributed by atoms with Crippen LogP contribution in [0.5, 0.6) is 0 Å². The minimum atomic E-state index is -0.261. The van der Waals surface area contributed by atoms with Crippen molar-refractivity contribution >= 4 is 22.6 Å². The van der Waals surface area contributed by atoms with Crippen molar-refractivity contribution in [3.63, 3.8) is 0 Å². The van der Waals surface area contributed by atoms with Gasteiger partial charge in [0, 0.05) is 17.9 Å². The number of halogens is 1. The first-order valence-electron chi connectivity index (χ1n) is 11.0. The summed E-state index contributed by atoms with van der Waals surface area (Å²) in [5.41, 5.74) is 3.60. The topological polar surface area (TPSA) is 50.2 Å². The molecule has 4 aromatic rings. The molecule has 0 saturated carbocycles. The summed E-state index contributed by atoms with van der Waals surface area (Å²) in [5.74, 6) is 0.630. The Kier molecular flexibility index (Phi) is 5.69. The van der Waals surface area contributed by atoms with E-state index in [0.717, 1.165) is 47.6 Å². The summed E-state index contributed by atoms with van der Waals surface area (Å²) in [6.45, 7) is 2.23. The van der Waals surface area contributed by atoms with Crippen LogP contribution in [-0.2, 0) is 11.3 Å². The average Bonchev–Trinajstić information content (AvgIpc) is 3.18. The number of fused-ring (bicyclic) bond motifs is 1. The maximum absolute atomic E-state index is 13.5. The minimum absolute atomic E-state index is 0.0624. The zero-order valence-electron chi connectivity index (χ0n) is 17.7. The molecule has 2 heterocycles. The molecule has 1 aliphatic rings. The molecule has 1 atom stereocenters. The Morgan fingerprint density at radius 3 is 2.56 bits per heavy atom. The number of nitrogens with one attached hydrogen (secondary N) is 1. The fourth-order valence-electron chi connectivity index (χ4n) is 4.44. The maximum Gasteiger partial charge on any atom is 0.228 e. The van der Waals surface area contributed by atoms with Crippen molar-refractivity contribution < 1.29 is 9.18 Å². The van der Waals surface area contributed by atoms with Crippen LogP contribution in [0.15, 0.2) is 78.9 Å². The number of aromatic nitrogens is 2. The van der Waals surface area contributed by atoms with Gasteiger partial charge in [-0.05, 0) is 67.9 Å². The van der Waals surface area contributed by atoms with Gasteiger partial charge in [-0.25, -0.2) is 9.37 Å². The van der Waals surface area contributed by atoms with Gasteiger partial charge in [0.2, 0.25) is 5.91 Å². The Morgan fingerprint density at radius 2 is 1.75 bits per heavy atom. The third-order valence-electron chi connectivity index (χ3n) is 6.00. The lowest BCUT2D eigenvalue weighted by molar-refractivity contribution is -0.121. The number of amides is 1. The van der Waals surface area contributed by atoms with E-state index in [4.69, 9.17) is 4.98 Å². The second kappa shape index (κ2) is 8.93. The second-order valence-electron chi connectivity index (χ2n) is 8.26. The monoisotopic (exact) mass is 428 g/mol. The van der Waals surface area contributed by atoms with Gasteiger partial charge < -0.3 is 5.32 Å². The van der Waals surface area contributed by atoms with Crippen LogP contribution in [0.1, 0.15) is 18.7 Å². The highest BCUT2D eigenvalue weighted by molar-refractivity contribution is 5.92. The van der Waals surface area contributed by atoms with Crippen molar-refractivity contribution in [3.05, 3.63) is 90.5 Å². The van der Waals surface area contributed by atoms with Crippen LogP contribution in [0, 0.1) is 11.7 Å². The van der Waals surface area contributed by atoms with Crippen molar-refractivity contribution in [2.24, 2.45) is 5.92 Å². The summed E-state index contributed by atoms with van der Waals surface area (Å²) in [7, 11) is 0. The van der Waals surface area contributed by atoms with Crippen LogP contribution < -0.4 is 5.32 Å². The molecule has 6 heteroatoms. The fourth-order valence-corrected chi connectivity index (χ4v) is 4.44. The Labute approximate surface area is 186 Å². The summed E-state index contributed by atoms with van der Waals surface area (Å²) in [5, 5.41) is 3.04. The van der Waals surface area contributed by atoms with Gasteiger partial charge in [-0.1, -0.05) is 30.3 Å². The van der Waals surface area contributed by atoms with Crippen LogP contribution in [0.4, 0.5) is 10.1 Å². The van der Waals surface area contributed by atoms with E-state index in [0.29, 0.717) is 13.1 Å². The van der Waals surface area contributed by atoms with Gasteiger partial charge in [-0.3, -0.25) is 14.3 Å². The SMILES string of the molecule is O=C(Nc1ccccc1)[C@H]1CCCN(Cc2nc3ccccc3n2-c2ccc(F)cc2)C1. The molecule has 162 valence electrons. The highest BCUT2D eigenvalue weighted by atomic mass is 19.1. The number of rotatable bonds is 5. The molecule has 1 amide bonds. The van der Waals surface area contributed by atoms with Crippen molar-refractivity contribution in [1.29, 1.82) is 0 Å². The van der Waals surface area contributed by atoms with Crippen LogP contribution in [0.2, 0.25) is 0 Å². The number of likely N-dealkylation sites (tertiary alicyclic amines) is 1. The van der Waals surface area contributed by atoms with Gasteiger partial charge in [0.15, 0.2) is 0 Å². The molecule has 0 bridgehead atoms. The Balaban J connectivity index is 1.37. The highest BCUT2D eigenvalue weighted by Crippen LogP contribution is 2.25. The van der Waals surface area contributed by atoms with Crippen LogP contribution in [0.3, 0.4) is 0 Å². The van der Waals surface area contributed by atoms with Crippen LogP contribution >= 0.6 is 0 Å². The number of anilines is 1. The van der Waals surface area contributed by atoms with Crippen LogP contribution in [0.25, 0.3) is 16.7 Å². The summed E-state index contributed by atoms with van der Waals surface area (Å²) >= 11 is 0. The van der Waals surface area contributed by atoms with Gasteiger partial charge in [0.05, 0.1) is 23.5 Å². The van der Waals surface area contributed by atoms with Gasteiger partial charge in [-0.15, -0.1) is 0 Å². The number of hydrogen-bond acceptors (Lipinski definition) is 3. The third-order valence-corrected chi connectivity index (χ3v) is 6.00. The largest absolute Gasteiger partial charge is 0.326 e. The molecule has 1 aromatic heterocycles. The first kappa shape index (κ1) is 20.4. The van der Waals surface area contributed by atoms with Crippen molar-refractivity contribution in [3.8, 4) is 5.69 Å². The van der Waals surface area contributed by atoms with E-state index in [1.807, 2.05) is 54.6 Å². The lowest BCUT2D eigenvalue weighted by atomic mass is 9.97. The highest BCUT2D eigenvalue weighted by Gasteiger charge is 2.27. The van der Waals surface area contributed by atoms with Crippen molar-refractivity contribution in [1.82, 2.24) is 14.5 Å². The van der Waals surface area contributed by atoms with E-state index < -0.39 is 0 Å². The summed E-state index contributed by atoms with van der Waals surface area (Å²) in [4.78, 5) is 20.0. The maximum atomic E-state index is 13.5.